The van der Waals surface area contributed by atoms with E-state index in [0.717, 1.165) is 38.5 Å². The number of nitriles is 2. The van der Waals surface area contributed by atoms with Crippen molar-refractivity contribution < 1.29 is 36.6 Å². The van der Waals surface area contributed by atoms with Crippen molar-refractivity contribution >= 4 is 48.4 Å². The van der Waals surface area contributed by atoms with E-state index >= 15 is 0 Å². The molecule has 2 aliphatic carbocycles. The first-order valence-electron chi connectivity index (χ1n) is 22.7. The van der Waals surface area contributed by atoms with Crippen molar-refractivity contribution in [3.05, 3.63) is 104 Å². The molecule has 0 aliphatic heterocycles. The number of benzene rings is 2. The molecule has 0 saturated heterocycles. The van der Waals surface area contributed by atoms with Gasteiger partial charge in [0.25, 0.3) is 11.1 Å². The Hall–Kier alpha value is -6.81. The largest absolute Gasteiger partial charge is 0.493 e. The van der Waals surface area contributed by atoms with Crippen LogP contribution < -0.4 is 11.1 Å². The van der Waals surface area contributed by atoms with Gasteiger partial charge in [-0.3, -0.25) is 23.6 Å². The van der Waals surface area contributed by atoms with E-state index in [1.165, 1.54) is 83.3 Å². The Morgan fingerprint density at radius 2 is 1.12 bits per heavy atom. The Bertz CT molecular complexity index is 2930. The van der Waals surface area contributed by atoms with Gasteiger partial charge >= 0.3 is 5.97 Å². The minimum Gasteiger partial charge on any atom is -0.493 e. The number of ether oxygens (including phenoxy) is 1. The highest BCUT2D eigenvalue weighted by Gasteiger charge is 2.28. The summed E-state index contributed by atoms with van der Waals surface area (Å²) in [6, 6.07) is 14.4. The molecule has 2 heterocycles. The Morgan fingerprint density at radius 1 is 0.710 bits per heavy atom. The van der Waals surface area contributed by atoms with Crippen LogP contribution in [0.3, 0.4) is 0 Å². The van der Waals surface area contributed by atoms with E-state index in [0.29, 0.717) is 25.7 Å². The summed E-state index contributed by atoms with van der Waals surface area (Å²) in [7, 11) is -8.14. The van der Waals surface area contributed by atoms with Gasteiger partial charge in [0.05, 0.1) is 32.7 Å². The molecule has 0 unspecified atom stereocenters. The van der Waals surface area contributed by atoms with Gasteiger partial charge in [0, 0.05) is 48.4 Å². The third-order valence-corrected chi connectivity index (χ3v) is 15.9. The molecule has 0 bridgehead atoms. The molecule has 19 nitrogen and oxygen atoms in total. The zero-order chi connectivity index (χ0) is 50.0. The minimum atomic E-state index is -4.07. The van der Waals surface area contributed by atoms with E-state index < -0.39 is 60.0 Å². The summed E-state index contributed by atoms with van der Waals surface area (Å²) in [5.74, 6) is -2.49. The predicted molar refractivity (Wildman–Crippen MR) is 255 cm³/mol. The minimum absolute atomic E-state index is 0.0311. The Labute approximate surface area is 400 Å². The van der Waals surface area contributed by atoms with Crippen LogP contribution in [0.25, 0.3) is 0 Å². The molecule has 6 rings (SSSR count). The fourth-order valence-corrected chi connectivity index (χ4v) is 11.2. The molecule has 2 saturated carbocycles. The standard InChI is InChI=1S/C48H55N9O10S2/c1-31(2)48(62)67-24-21-55(22-25-68(63,64)38-19-11-13-34(27-38)51-53-42-32(3)40(29-49)44(58)56(46(42)60)36-15-7-5-8-16-36)23-26-69(65,66)39-20-12-14-35(28-39)52-54-43-33(4)41(30-50)45(59)57(47(43)61)37-17-9-6-10-18-37/h11-14,19-20,27-28,36-37,58-59H,1,5-10,15-18,21-26H2,2-4H3. The van der Waals surface area contributed by atoms with Crippen LogP contribution in [0, 0.1) is 36.5 Å². The van der Waals surface area contributed by atoms with E-state index in [9.17, 15) is 52.0 Å². The molecular weight excluding hydrogens is 927 g/mol. The van der Waals surface area contributed by atoms with Crippen molar-refractivity contribution in [2.24, 2.45) is 20.5 Å². The summed E-state index contributed by atoms with van der Waals surface area (Å²) < 4.78 is 62.9. The van der Waals surface area contributed by atoms with E-state index in [2.05, 4.69) is 27.0 Å². The number of nitrogens with zero attached hydrogens (tertiary/aromatic N) is 9. The van der Waals surface area contributed by atoms with E-state index in [4.69, 9.17) is 4.74 Å². The third kappa shape index (κ3) is 12.1. The molecule has 2 aromatic carbocycles. The normalized spacial score (nSPS) is 15.1. The lowest BCUT2D eigenvalue weighted by atomic mass is 9.94. The molecule has 2 fully saturated rings. The molecule has 0 radical (unpaired) electrons. The SMILES string of the molecule is C=C(C)C(=O)OCCN(CCS(=O)(=O)c1cccc(N=Nc2c(C)c(C#N)c(O)n(C3CCCCC3)c2=O)c1)CCS(=O)(=O)c1cccc(N=Nc2c(C)c(C#N)c(O)n(C3CCCCC3)c2=O)c1. The number of sulfone groups is 2. The molecular formula is C48H55N9O10S2. The number of carbonyl (C=O) groups excluding carboxylic acids is 1. The van der Waals surface area contributed by atoms with Crippen molar-refractivity contribution in [3.63, 3.8) is 0 Å². The molecule has 21 heteroatoms. The molecule has 2 aliphatic rings. The number of aromatic hydroxyl groups is 2. The Kier molecular flexibility index (Phi) is 16.8. The highest BCUT2D eigenvalue weighted by molar-refractivity contribution is 7.91. The predicted octanol–water partition coefficient (Wildman–Crippen LogP) is 8.29. The number of pyridine rings is 2. The molecule has 4 aromatic rings. The number of aromatic nitrogens is 2. The quantitative estimate of drug-likeness (QED) is 0.0540. The van der Waals surface area contributed by atoms with Gasteiger partial charge in [0.2, 0.25) is 11.8 Å². The number of carbonyl (C=O) groups is 1. The first-order valence-corrected chi connectivity index (χ1v) is 26.0. The lowest BCUT2D eigenvalue weighted by Crippen LogP contribution is -2.36. The summed E-state index contributed by atoms with van der Waals surface area (Å²) in [6.45, 7) is 7.40. The van der Waals surface area contributed by atoms with Crippen molar-refractivity contribution in [2.45, 2.75) is 107 Å². The van der Waals surface area contributed by atoms with E-state index in [1.807, 2.05) is 12.1 Å². The van der Waals surface area contributed by atoms with Gasteiger partial charge in [0.1, 0.15) is 29.9 Å². The highest BCUT2D eigenvalue weighted by Crippen LogP contribution is 2.36. The second-order valence-electron chi connectivity index (χ2n) is 17.3. The van der Waals surface area contributed by atoms with Gasteiger partial charge in [-0.15, -0.1) is 10.2 Å². The molecule has 0 spiro atoms. The second kappa shape index (κ2) is 22.5. The van der Waals surface area contributed by atoms with Gasteiger partial charge in [0.15, 0.2) is 31.0 Å². The Balaban J connectivity index is 1.19. The van der Waals surface area contributed by atoms with Crippen LogP contribution in [0.1, 0.15) is 105 Å². The molecule has 0 amide bonds. The average molecular weight is 982 g/mol. The van der Waals surface area contributed by atoms with E-state index in [1.54, 1.807) is 0 Å². The first-order chi connectivity index (χ1) is 32.9. The van der Waals surface area contributed by atoms with Gasteiger partial charge in [-0.2, -0.15) is 20.8 Å². The maximum absolute atomic E-state index is 13.8. The highest BCUT2D eigenvalue weighted by atomic mass is 32.2. The van der Waals surface area contributed by atoms with Gasteiger partial charge < -0.3 is 14.9 Å². The van der Waals surface area contributed by atoms with Crippen molar-refractivity contribution in [3.8, 4) is 23.9 Å². The lowest BCUT2D eigenvalue weighted by molar-refractivity contribution is -0.139. The third-order valence-electron chi connectivity index (χ3n) is 12.5. The second-order valence-corrected chi connectivity index (χ2v) is 21.5. The maximum Gasteiger partial charge on any atom is 0.333 e. The Morgan fingerprint density at radius 3 is 1.49 bits per heavy atom. The number of hydrogen-bond acceptors (Lipinski definition) is 17. The fourth-order valence-electron chi connectivity index (χ4n) is 8.57. The summed E-state index contributed by atoms with van der Waals surface area (Å²) >= 11 is 0. The van der Waals surface area contributed by atoms with Gasteiger partial charge in [-0.25, -0.2) is 21.6 Å². The molecule has 0 atom stereocenters. The van der Waals surface area contributed by atoms with Crippen LogP contribution in [-0.2, 0) is 29.2 Å². The first kappa shape index (κ1) is 51.6. The number of esters is 1. The van der Waals surface area contributed by atoms with Crippen LogP contribution in [0.4, 0.5) is 22.7 Å². The zero-order valence-electron chi connectivity index (χ0n) is 38.8. The number of hydrogen-bond donors (Lipinski definition) is 2. The van der Waals surface area contributed by atoms with Crippen molar-refractivity contribution in [1.82, 2.24) is 14.0 Å². The van der Waals surface area contributed by atoms with E-state index in [-0.39, 0.29) is 98.7 Å². The molecule has 69 heavy (non-hydrogen) atoms. The summed E-state index contributed by atoms with van der Waals surface area (Å²) in [6.07, 6.45) is 8.01. The molecule has 2 N–H and O–H groups in total. The van der Waals surface area contributed by atoms with Crippen molar-refractivity contribution in [2.75, 3.05) is 37.7 Å². The average Bonchev–Trinajstić information content (AvgIpc) is 3.33. The topological polar surface area (TPSA) is 279 Å². The monoisotopic (exact) mass is 981 g/mol. The fraction of sp³-hybridized carbons (Fsp3) is 0.438. The van der Waals surface area contributed by atoms with Gasteiger partial charge in [-0.1, -0.05) is 57.2 Å². The summed E-state index contributed by atoms with van der Waals surface area (Å²) in [5, 5.41) is 58.1. The molecule has 2 aromatic heterocycles. The zero-order valence-corrected chi connectivity index (χ0v) is 40.4. The summed E-state index contributed by atoms with van der Waals surface area (Å²) in [5.41, 5.74) is -1.17. The van der Waals surface area contributed by atoms with Crippen LogP contribution in [0.15, 0.2) is 101 Å². The summed E-state index contributed by atoms with van der Waals surface area (Å²) in [4.78, 5) is 40.7. The smallest absolute Gasteiger partial charge is 0.333 e. The van der Waals surface area contributed by atoms with Crippen LogP contribution in [0.5, 0.6) is 11.8 Å². The van der Waals surface area contributed by atoms with Gasteiger partial charge in [-0.05, 0) is 82.9 Å². The van der Waals surface area contributed by atoms with Crippen LogP contribution in [0.2, 0.25) is 0 Å². The van der Waals surface area contributed by atoms with Crippen LogP contribution >= 0.6 is 0 Å². The maximum atomic E-state index is 13.8. The molecule has 364 valence electrons. The number of rotatable bonds is 18. The van der Waals surface area contributed by atoms with Crippen molar-refractivity contribution in [1.29, 1.82) is 10.5 Å². The number of azo groups is 2. The van der Waals surface area contributed by atoms with Crippen LogP contribution in [-0.4, -0.2) is 84.8 Å². The lowest BCUT2D eigenvalue weighted by Gasteiger charge is -2.25.